The van der Waals surface area contributed by atoms with E-state index in [1.165, 1.54) is 6.07 Å². The summed E-state index contributed by atoms with van der Waals surface area (Å²) in [5.74, 6) is -3.84. The molecule has 0 heterocycles. The van der Waals surface area contributed by atoms with Crippen molar-refractivity contribution in [3.63, 3.8) is 0 Å². The van der Waals surface area contributed by atoms with Crippen molar-refractivity contribution in [1.29, 1.82) is 0 Å². The Morgan fingerprint density at radius 1 is 1.16 bits per heavy atom. The first-order valence-corrected chi connectivity index (χ1v) is 7.84. The van der Waals surface area contributed by atoms with Crippen LogP contribution in [0.4, 0.5) is 8.78 Å². The van der Waals surface area contributed by atoms with Crippen molar-refractivity contribution in [2.45, 2.75) is 19.8 Å². The molecule has 1 amide bonds. The van der Waals surface area contributed by atoms with Crippen LogP contribution in [0.15, 0.2) is 42.5 Å². The third kappa shape index (κ3) is 5.67. The number of carbonyl (C=O) groups is 2. The van der Waals surface area contributed by atoms with E-state index in [1.54, 1.807) is 0 Å². The van der Waals surface area contributed by atoms with Crippen LogP contribution < -0.4 is 5.32 Å². The first kappa shape index (κ1) is 18.6. The molecular formula is C19H19F2NO3. The monoisotopic (exact) mass is 347 g/mol. The molecule has 0 radical (unpaired) electrons. The molecule has 0 aliphatic heterocycles. The van der Waals surface area contributed by atoms with E-state index in [-0.39, 0.29) is 24.9 Å². The van der Waals surface area contributed by atoms with Crippen molar-refractivity contribution in [3.05, 3.63) is 70.8 Å². The molecule has 2 N–H and O–H groups in total. The Bertz CT molecular complexity index is 777. The van der Waals surface area contributed by atoms with Gasteiger partial charge < -0.3 is 10.4 Å². The van der Waals surface area contributed by atoms with E-state index < -0.39 is 29.4 Å². The molecule has 2 aromatic carbocycles. The number of carboxylic acids is 1. The minimum absolute atomic E-state index is 0.0597. The second-order valence-electron chi connectivity index (χ2n) is 5.94. The average molecular weight is 347 g/mol. The van der Waals surface area contributed by atoms with Crippen molar-refractivity contribution in [3.8, 4) is 0 Å². The zero-order valence-electron chi connectivity index (χ0n) is 13.8. The van der Waals surface area contributed by atoms with E-state index in [2.05, 4.69) is 5.32 Å². The van der Waals surface area contributed by atoms with Crippen molar-refractivity contribution >= 4 is 11.9 Å². The Kier molecular flexibility index (Phi) is 6.22. The van der Waals surface area contributed by atoms with Crippen molar-refractivity contribution in [2.24, 2.45) is 5.92 Å². The van der Waals surface area contributed by atoms with E-state index in [0.717, 1.165) is 17.2 Å². The second-order valence-corrected chi connectivity index (χ2v) is 5.94. The van der Waals surface area contributed by atoms with Crippen molar-refractivity contribution in [2.75, 3.05) is 6.54 Å². The van der Waals surface area contributed by atoms with Crippen molar-refractivity contribution < 1.29 is 23.5 Å². The first-order chi connectivity index (χ1) is 11.8. The molecule has 132 valence electrons. The molecule has 2 aromatic rings. The molecule has 0 saturated heterocycles. The topological polar surface area (TPSA) is 66.4 Å². The van der Waals surface area contributed by atoms with Crippen LogP contribution in [0.5, 0.6) is 0 Å². The molecule has 25 heavy (non-hydrogen) atoms. The Morgan fingerprint density at radius 3 is 2.56 bits per heavy atom. The number of rotatable bonds is 7. The fraction of sp³-hybridized carbons (Fsp3) is 0.263. The standard InChI is InChI=1S/C19H19F2NO3/c1-12-3-2-4-13(7-12)8-15(19(24)25)11-22-18(23)9-14-5-6-16(20)10-17(14)21/h2-7,10,15H,8-9,11H2,1H3,(H,22,23)(H,24,25). The summed E-state index contributed by atoms with van der Waals surface area (Å²) in [4.78, 5) is 23.3. The lowest BCUT2D eigenvalue weighted by molar-refractivity contribution is -0.141. The van der Waals surface area contributed by atoms with Gasteiger partial charge >= 0.3 is 5.97 Å². The van der Waals surface area contributed by atoms with Gasteiger partial charge in [-0.15, -0.1) is 0 Å². The zero-order chi connectivity index (χ0) is 18.4. The average Bonchev–Trinajstić information content (AvgIpc) is 2.54. The highest BCUT2D eigenvalue weighted by Crippen LogP contribution is 2.12. The van der Waals surface area contributed by atoms with Crippen LogP contribution in [0.2, 0.25) is 0 Å². The predicted molar refractivity (Wildman–Crippen MR) is 89.1 cm³/mol. The van der Waals surface area contributed by atoms with Gasteiger partial charge in [-0.05, 0) is 30.5 Å². The third-order valence-corrected chi connectivity index (χ3v) is 3.83. The van der Waals surface area contributed by atoms with Crippen LogP contribution in [0.25, 0.3) is 0 Å². The van der Waals surface area contributed by atoms with Crippen LogP contribution in [0, 0.1) is 24.5 Å². The van der Waals surface area contributed by atoms with Crippen molar-refractivity contribution in [1.82, 2.24) is 5.32 Å². The molecule has 2 rings (SSSR count). The molecule has 1 atom stereocenters. The lowest BCUT2D eigenvalue weighted by atomic mass is 9.98. The van der Waals surface area contributed by atoms with Gasteiger partial charge in [-0.1, -0.05) is 35.9 Å². The SMILES string of the molecule is Cc1cccc(CC(CNC(=O)Cc2ccc(F)cc2F)C(=O)O)c1. The highest BCUT2D eigenvalue weighted by Gasteiger charge is 2.19. The number of carbonyl (C=O) groups excluding carboxylic acids is 1. The molecule has 0 aliphatic carbocycles. The summed E-state index contributed by atoms with van der Waals surface area (Å²) in [6.45, 7) is 1.85. The van der Waals surface area contributed by atoms with Gasteiger partial charge in [-0.25, -0.2) is 8.78 Å². The van der Waals surface area contributed by atoms with Gasteiger partial charge in [0.2, 0.25) is 5.91 Å². The minimum Gasteiger partial charge on any atom is -0.481 e. The van der Waals surface area contributed by atoms with Crippen LogP contribution >= 0.6 is 0 Å². The third-order valence-electron chi connectivity index (χ3n) is 3.83. The number of amides is 1. The van der Waals surface area contributed by atoms with E-state index in [4.69, 9.17) is 0 Å². The Hall–Kier alpha value is -2.76. The normalized spacial score (nSPS) is 11.8. The maximum Gasteiger partial charge on any atom is 0.308 e. The summed E-state index contributed by atoms with van der Waals surface area (Å²) in [6, 6.07) is 10.5. The summed E-state index contributed by atoms with van der Waals surface area (Å²) >= 11 is 0. The lowest BCUT2D eigenvalue weighted by Gasteiger charge is -2.14. The summed E-state index contributed by atoms with van der Waals surface area (Å²) < 4.78 is 26.4. The van der Waals surface area contributed by atoms with Gasteiger partial charge in [0.15, 0.2) is 0 Å². The van der Waals surface area contributed by atoms with Gasteiger partial charge in [0.1, 0.15) is 11.6 Å². The highest BCUT2D eigenvalue weighted by molar-refractivity contribution is 5.79. The molecule has 0 spiro atoms. The number of aliphatic carboxylic acids is 1. The number of carboxylic acid groups (broad SMARTS) is 1. The Morgan fingerprint density at radius 2 is 1.92 bits per heavy atom. The second kappa shape index (κ2) is 8.37. The van der Waals surface area contributed by atoms with Crippen LogP contribution in [-0.4, -0.2) is 23.5 Å². The molecule has 0 aromatic heterocycles. The van der Waals surface area contributed by atoms with E-state index >= 15 is 0 Å². The quantitative estimate of drug-likeness (QED) is 0.809. The maximum atomic E-state index is 13.5. The fourth-order valence-electron chi connectivity index (χ4n) is 2.51. The van der Waals surface area contributed by atoms with Gasteiger partial charge in [0.25, 0.3) is 0 Å². The Balaban J connectivity index is 1.94. The van der Waals surface area contributed by atoms with Gasteiger partial charge in [-0.3, -0.25) is 9.59 Å². The largest absolute Gasteiger partial charge is 0.481 e. The number of benzene rings is 2. The zero-order valence-corrected chi connectivity index (χ0v) is 13.8. The molecule has 0 saturated carbocycles. The molecule has 0 fully saturated rings. The molecule has 6 heteroatoms. The van der Waals surface area contributed by atoms with Crippen LogP contribution in [0.1, 0.15) is 16.7 Å². The highest BCUT2D eigenvalue weighted by atomic mass is 19.1. The first-order valence-electron chi connectivity index (χ1n) is 7.84. The maximum absolute atomic E-state index is 13.5. The fourth-order valence-corrected chi connectivity index (χ4v) is 2.51. The van der Waals surface area contributed by atoms with Gasteiger partial charge in [0.05, 0.1) is 12.3 Å². The molecule has 1 unspecified atom stereocenters. The molecule has 0 bridgehead atoms. The molecule has 4 nitrogen and oxygen atoms in total. The summed E-state index contributed by atoms with van der Waals surface area (Å²) in [6.07, 6.45) is 0.00506. The number of nitrogens with one attached hydrogen (secondary N) is 1. The molecular weight excluding hydrogens is 328 g/mol. The van der Waals surface area contributed by atoms with E-state index in [1.807, 2.05) is 31.2 Å². The minimum atomic E-state index is -1.02. The van der Waals surface area contributed by atoms with Crippen LogP contribution in [0.3, 0.4) is 0 Å². The number of halogens is 2. The number of aryl methyl sites for hydroxylation is 1. The smallest absolute Gasteiger partial charge is 0.308 e. The molecule has 0 aliphatic rings. The van der Waals surface area contributed by atoms with E-state index in [0.29, 0.717) is 6.07 Å². The summed E-state index contributed by atoms with van der Waals surface area (Å²) in [7, 11) is 0. The van der Waals surface area contributed by atoms with Gasteiger partial charge in [-0.2, -0.15) is 0 Å². The lowest BCUT2D eigenvalue weighted by Crippen LogP contribution is -2.35. The summed E-state index contributed by atoms with van der Waals surface area (Å²) in [5.41, 5.74) is 1.95. The Labute approximate surface area is 144 Å². The van der Waals surface area contributed by atoms with E-state index in [9.17, 15) is 23.5 Å². The van der Waals surface area contributed by atoms with Gasteiger partial charge in [0, 0.05) is 12.6 Å². The number of hydrogen-bond acceptors (Lipinski definition) is 2. The van der Waals surface area contributed by atoms with Crippen LogP contribution in [-0.2, 0) is 22.4 Å². The predicted octanol–water partition coefficient (Wildman–Crippen LogP) is 2.88. The number of hydrogen-bond donors (Lipinski definition) is 2. The summed E-state index contributed by atoms with van der Waals surface area (Å²) in [5, 5.41) is 11.8.